The first-order chi connectivity index (χ1) is 36.0. The molecule has 0 radical (unpaired) electrons. The van der Waals surface area contributed by atoms with Crippen molar-refractivity contribution >= 4 is 11.4 Å². The number of benzene rings is 2. The van der Waals surface area contributed by atoms with Crippen molar-refractivity contribution in [2.24, 2.45) is 0 Å². The third-order valence-electron chi connectivity index (χ3n) is 14.6. The van der Waals surface area contributed by atoms with Crippen LogP contribution in [0.1, 0.15) is 327 Å². The van der Waals surface area contributed by atoms with Crippen molar-refractivity contribution in [1.29, 1.82) is 0 Å². The Balaban J connectivity index is 0.00000724. The van der Waals surface area contributed by atoms with Gasteiger partial charge in [-0.15, -0.1) is 0 Å². The van der Waals surface area contributed by atoms with Crippen LogP contribution in [0, 0.1) is 13.8 Å². The van der Waals surface area contributed by atoms with Gasteiger partial charge in [-0.2, -0.15) is 12.8 Å². The molecule has 0 saturated heterocycles. The molecule has 1 aliphatic rings. The smallest absolute Gasteiger partial charge is 0.493 e. The van der Waals surface area contributed by atoms with Crippen LogP contribution in [-0.4, -0.2) is 4.70 Å². The molecule has 0 fully saturated rings. The van der Waals surface area contributed by atoms with E-state index in [2.05, 4.69) is 114 Å². The van der Waals surface area contributed by atoms with E-state index < -0.39 is 0 Å². The fourth-order valence-corrected chi connectivity index (χ4v) is 10.3. The van der Waals surface area contributed by atoms with Gasteiger partial charge in [0.15, 0.2) is 0 Å². The van der Waals surface area contributed by atoms with Gasteiger partial charge in [-0.1, -0.05) is 288 Å². The first kappa shape index (κ1) is 71.5. The Morgan fingerprint density at radius 2 is 0.649 bits per heavy atom. The second-order valence-electron chi connectivity index (χ2n) is 21.7. The summed E-state index contributed by atoms with van der Waals surface area (Å²) in [5, 5.41) is 0. The van der Waals surface area contributed by atoms with Gasteiger partial charge in [0, 0.05) is 22.8 Å². The zero-order valence-corrected chi connectivity index (χ0v) is 50.7. The molecule has 3 rings (SSSR count). The van der Waals surface area contributed by atoms with E-state index in [1.807, 2.05) is 13.8 Å². The summed E-state index contributed by atoms with van der Waals surface area (Å²) in [4.78, 5) is 0. The molecule has 0 aliphatic carbocycles. The summed E-state index contributed by atoms with van der Waals surface area (Å²) in [7, 11) is 0. The first-order valence-corrected chi connectivity index (χ1v) is 32.0. The molecule has 0 aromatic heterocycles. The Morgan fingerprint density at radius 1 is 0.365 bits per heavy atom. The molecule has 74 heavy (non-hydrogen) atoms. The van der Waals surface area contributed by atoms with E-state index in [0.29, 0.717) is 0 Å². The van der Waals surface area contributed by atoms with E-state index in [1.165, 1.54) is 246 Å². The minimum absolute atomic E-state index is 0. The molecular formula is C71H120N2Ni. The van der Waals surface area contributed by atoms with Gasteiger partial charge in [-0.3, -0.25) is 0 Å². The van der Waals surface area contributed by atoms with Gasteiger partial charge >= 0.3 is 16.5 Å². The molecule has 424 valence electrons. The molecule has 2 aromatic rings. The maximum Gasteiger partial charge on any atom is 2.00 e. The maximum atomic E-state index is 12.1. The number of hydrogen-bond acceptors (Lipinski definition) is 0. The minimum atomic E-state index is 0. The third-order valence-corrected chi connectivity index (χ3v) is 14.6. The van der Waals surface area contributed by atoms with E-state index in [0.717, 1.165) is 75.6 Å². The molecule has 2 aromatic carbocycles. The topological polar surface area (TPSA) is 25.3 Å². The summed E-state index contributed by atoms with van der Waals surface area (Å²) < 4.78 is 1.55. The summed E-state index contributed by atoms with van der Waals surface area (Å²) in [5.41, 5.74) is 20.4. The molecular weight excluding hydrogens is 939 g/mol. The number of rotatable bonds is 46. The van der Waals surface area contributed by atoms with Crippen molar-refractivity contribution in [1.82, 2.24) is 0 Å². The average molecular weight is 1060 g/mol. The monoisotopic (exact) mass is 1060 g/mol. The molecule has 0 bridgehead atoms. The average Bonchev–Trinajstić information content (AvgIpc) is 3.72. The number of aryl methyl sites for hydroxylation is 2. The molecule has 1 heterocycles. The molecule has 0 amide bonds. The van der Waals surface area contributed by atoms with E-state index >= 15 is 0 Å². The Hall–Kier alpha value is -2.51. The van der Waals surface area contributed by atoms with Crippen LogP contribution >= 0.6 is 0 Å². The van der Waals surface area contributed by atoms with Crippen molar-refractivity contribution in [2.75, 3.05) is 0 Å². The predicted octanol–water partition coefficient (Wildman–Crippen LogP) is 24.8. The molecule has 0 spiro atoms. The maximum absolute atomic E-state index is 12.1. The summed E-state index contributed by atoms with van der Waals surface area (Å²) in [6.45, 7) is 17.9. The van der Waals surface area contributed by atoms with Crippen LogP contribution in [0.15, 0.2) is 84.5 Å². The van der Waals surface area contributed by atoms with E-state index in [4.69, 9.17) is 0 Å². The minimum Gasteiger partial charge on any atom is -0.493 e. The Bertz CT molecular complexity index is 1660. The SMILES string of the molecule is CCCCCCCCCCCCCCCCC=CCCCc1ccccc1C1=C(CCCCC)C=C(c2ccccc2CCCC=CCCCCCCCCCCCCCCCCCC)[N+]1=[N-].[CH2-]CC.[CH2-]CC.[Ni+2]. The Kier molecular flexibility index (Phi) is 53.4. The number of unbranched alkanes of at least 4 members (excludes halogenated alkanes) is 34. The van der Waals surface area contributed by atoms with Gasteiger partial charge in [0.25, 0.3) is 0 Å². The zero-order chi connectivity index (χ0) is 52.9. The Labute approximate surface area is 473 Å². The van der Waals surface area contributed by atoms with Gasteiger partial charge in [-0.25, -0.2) is 4.70 Å². The quantitative estimate of drug-likeness (QED) is 0.0208. The molecule has 2 nitrogen and oxygen atoms in total. The Morgan fingerprint density at radius 3 is 1.01 bits per heavy atom. The number of allylic oxidation sites excluding steroid dienone is 6. The van der Waals surface area contributed by atoms with Crippen LogP contribution in [0.3, 0.4) is 0 Å². The standard InChI is InChI=1S/C65H106N2.2C3H7.Ni/c1-4-7-10-12-14-16-18-20-22-24-26-27-29-31-32-34-36-38-40-42-45-51-59-53-47-49-56-62(59)64-58-61(55-44-9-6-3)65(67(64)66)63-57-50-48-54-60(63)52-46-43-41-39-37-35-33-30-28-25-23-21-19-17-15-13-11-8-5-2;2*1-3-2;/h38-41,47-50,53-54,56-58H,4-37,42-46,51-52,55H2,1-3H3;2*1,3H2,2H3;/q;2*-1;+2. The fraction of sp³-hybridized carbons (Fsp3) is 0.690. The first-order valence-electron chi connectivity index (χ1n) is 32.0. The number of hydrogen-bond donors (Lipinski definition) is 0. The van der Waals surface area contributed by atoms with Crippen LogP contribution < -0.4 is 0 Å². The number of nitrogens with zero attached hydrogens (tertiary/aromatic N) is 2. The molecule has 0 atom stereocenters. The third kappa shape index (κ3) is 38.1. The van der Waals surface area contributed by atoms with Crippen molar-refractivity contribution in [2.45, 2.75) is 317 Å². The predicted molar refractivity (Wildman–Crippen MR) is 330 cm³/mol. The fourth-order valence-electron chi connectivity index (χ4n) is 10.3. The summed E-state index contributed by atoms with van der Waals surface area (Å²) >= 11 is 0. The second kappa shape index (κ2) is 55.3. The van der Waals surface area contributed by atoms with Gasteiger partial charge < -0.3 is 19.4 Å². The normalized spacial score (nSPS) is 12.3. The van der Waals surface area contributed by atoms with Crippen LogP contribution in [0.5, 0.6) is 0 Å². The van der Waals surface area contributed by atoms with Crippen molar-refractivity contribution in [3.05, 3.63) is 126 Å². The van der Waals surface area contributed by atoms with Crippen LogP contribution in [-0.2, 0) is 29.3 Å². The van der Waals surface area contributed by atoms with Crippen LogP contribution in [0.4, 0.5) is 0 Å². The largest absolute Gasteiger partial charge is 2.00 e. The summed E-state index contributed by atoms with van der Waals surface area (Å²) in [6.07, 6.45) is 70.2. The van der Waals surface area contributed by atoms with E-state index in [-0.39, 0.29) is 16.5 Å². The van der Waals surface area contributed by atoms with E-state index in [9.17, 15) is 5.53 Å². The van der Waals surface area contributed by atoms with E-state index in [1.54, 1.807) is 4.70 Å². The molecule has 0 unspecified atom stereocenters. The molecule has 0 saturated carbocycles. The van der Waals surface area contributed by atoms with Crippen molar-refractivity contribution in [3.63, 3.8) is 0 Å². The van der Waals surface area contributed by atoms with Crippen molar-refractivity contribution < 1.29 is 21.2 Å². The summed E-state index contributed by atoms with van der Waals surface area (Å²) in [5.74, 6) is 0. The van der Waals surface area contributed by atoms with Crippen LogP contribution in [0.2, 0.25) is 0 Å². The van der Waals surface area contributed by atoms with Crippen LogP contribution in [0.25, 0.3) is 16.9 Å². The molecule has 0 N–H and O–H groups in total. The van der Waals surface area contributed by atoms with Gasteiger partial charge in [-0.05, 0) is 100 Å². The zero-order valence-electron chi connectivity index (χ0n) is 49.7. The van der Waals surface area contributed by atoms with Gasteiger partial charge in [0.05, 0.1) is 0 Å². The molecule has 1 aliphatic heterocycles. The van der Waals surface area contributed by atoms with Crippen molar-refractivity contribution in [3.8, 4) is 0 Å². The summed E-state index contributed by atoms with van der Waals surface area (Å²) in [6, 6.07) is 17.7. The second-order valence-corrected chi connectivity index (χ2v) is 21.7. The van der Waals surface area contributed by atoms with Gasteiger partial charge in [0.1, 0.15) is 0 Å². The van der Waals surface area contributed by atoms with Gasteiger partial charge in [0.2, 0.25) is 11.4 Å². The molecule has 3 heteroatoms.